The van der Waals surface area contributed by atoms with E-state index < -0.39 is 31.6 Å². The van der Waals surface area contributed by atoms with Crippen LogP contribution in [-0.4, -0.2) is 29.9 Å². The summed E-state index contributed by atoms with van der Waals surface area (Å²) in [6.07, 6.45) is 0. The van der Waals surface area contributed by atoms with Crippen molar-refractivity contribution in [1.29, 1.82) is 0 Å². The topological polar surface area (TPSA) is 120 Å². The minimum absolute atomic E-state index is 0.115. The van der Waals surface area contributed by atoms with Gasteiger partial charge < -0.3 is 9.15 Å². The Labute approximate surface area is 190 Å². The second kappa shape index (κ2) is 8.72. The van der Waals surface area contributed by atoms with Crippen molar-refractivity contribution < 1.29 is 30.8 Å². The van der Waals surface area contributed by atoms with Crippen LogP contribution in [0.25, 0.3) is 11.0 Å². The van der Waals surface area contributed by atoms with E-state index in [2.05, 4.69) is 4.72 Å². The molecule has 8 nitrogen and oxygen atoms in total. The van der Waals surface area contributed by atoms with Gasteiger partial charge >= 0.3 is 5.97 Å². The molecule has 0 aliphatic carbocycles. The molecule has 0 saturated carbocycles. The zero-order chi connectivity index (χ0) is 23.6. The Morgan fingerprint density at radius 2 is 1.58 bits per heavy atom. The van der Waals surface area contributed by atoms with Crippen molar-refractivity contribution in [1.82, 2.24) is 0 Å². The number of carbonyl (C=O) groups is 1. The van der Waals surface area contributed by atoms with Gasteiger partial charge in [0.05, 0.1) is 29.0 Å². The Bertz CT molecular complexity index is 1520. The molecule has 4 aromatic rings. The van der Waals surface area contributed by atoms with Crippen LogP contribution in [0.5, 0.6) is 0 Å². The van der Waals surface area contributed by atoms with Crippen molar-refractivity contribution in [2.24, 2.45) is 0 Å². The van der Waals surface area contributed by atoms with Crippen LogP contribution < -0.4 is 4.72 Å². The summed E-state index contributed by atoms with van der Waals surface area (Å²) in [5.41, 5.74) is 0.606. The SMILES string of the molecule is COC(=O)c1ccccc1CS(=O)(=O)c1ccccc1NS(=O)(=O)c1cc2ccccc2o1. The van der Waals surface area contributed by atoms with Crippen LogP contribution in [0, 0.1) is 0 Å². The van der Waals surface area contributed by atoms with E-state index in [0.717, 1.165) is 0 Å². The zero-order valence-electron chi connectivity index (χ0n) is 17.4. The number of anilines is 1. The maximum absolute atomic E-state index is 13.2. The third-order valence-corrected chi connectivity index (χ3v) is 7.84. The number of benzene rings is 3. The first-order valence-corrected chi connectivity index (χ1v) is 12.8. The summed E-state index contributed by atoms with van der Waals surface area (Å²) < 4.78 is 64.8. The molecule has 33 heavy (non-hydrogen) atoms. The molecule has 10 heteroatoms. The zero-order valence-corrected chi connectivity index (χ0v) is 19.0. The molecule has 1 N–H and O–H groups in total. The van der Waals surface area contributed by atoms with E-state index in [1.807, 2.05) is 0 Å². The Hall–Kier alpha value is -3.63. The standard InChI is InChI=1S/C23H19NO7S2/c1-30-23(25)18-10-4-2-9-17(18)15-32(26,27)21-13-7-5-11-19(21)24-33(28,29)22-14-16-8-3-6-12-20(16)31-22/h2-14,24H,15H2,1H3. The number of hydrogen-bond donors (Lipinski definition) is 1. The summed E-state index contributed by atoms with van der Waals surface area (Å²) in [5.74, 6) is -1.19. The lowest BCUT2D eigenvalue weighted by molar-refractivity contribution is 0.0600. The molecule has 4 rings (SSSR count). The first-order valence-electron chi connectivity index (χ1n) is 9.71. The highest BCUT2D eigenvalue weighted by molar-refractivity contribution is 7.93. The van der Waals surface area contributed by atoms with Gasteiger partial charge in [0.2, 0.25) is 5.09 Å². The lowest BCUT2D eigenvalue weighted by atomic mass is 10.1. The molecule has 0 saturated heterocycles. The molecule has 0 atom stereocenters. The quantitative estimate of drug-likeness (QED) is 0.393. The molecule has 0 unspecified atom stereocenters. The van der Waals surface area contributed by atoms with Crippen LogP contribution in [0.2, 0.25) is 0 Å². The van der Waals surface area contributed by atoms with Gasteiger partial charge in [0.15, 0.2) is 9.84 Å². The van der Waals surface area contributed by atoms with Gasteiger partial charge in [0.1, 0.15) is 5.58 Å². The molecular formula is C23H19NO7S2. The maximum atomic E-state index is 13.2. The smallest absolute Gasteiger partial charge is 0.338 e. The van der Waals surface area contributed by atoms with Crippen molar-refractivity contribution in [3.63, 3.8) is 0 Å². The summed E-state index contributed by atoms with van der Waals surface area (Å²) in [7, 11) is -7.06. The molecule has 170 valence electrons. The molecule has 0 spiro atoms. The molecule has 0 amide bonds. The van der Waals surface area contributed by atoms with Crippen molar-refractivity contribution >= 4 is 42.5 Å². The number of carbonyl (C=O) groups excluding carboxylic acids is 1. The van der Waals surface area contributed by atoms with Crippen LogP contribution in [-0.2, 0) is 30.4 Å². The van der Waals surface area contributed by atoms with Crippen molar-refractivity contribution in [2.75, 3.05) is 11.8 Å². The first kappa shape index (κ1) is 22.6. The second-order valence-corrected chi connectivity index (χ2v) is 10.7. The average molecular weight is 486 g/mol. The van der Waals surface area contributed by atoms with Crippen molar-refractivity contribution in [2.45, 2.75) is 15.7 Å². The van der Waals surface area contributed by atoms with Crippen LogP contribution in [0.1, 0.15) is 15.9 Å². The number of ether oxygens (including phenoxy) is 1. The third kappa shape index (κ3) is 4.62. The van der Waals surface area contributed by atoms with Crippen molar-refractivity contribution in [3.05, 3.63) is 90.0 Å². The van der Waals surface area contributed by atoms with E-state index in [-0.39, 0.29) is 26.8 Å². The molecule has 0 aliphatic rings. The lowest BCUT2D eigenvalue weighted by Crippen LogP contribution is -2.16. The van der Waals surface area contributed by atoms with Crippen molar-refractivity contribution in [3.8, 4) is 0 Å². The molecule has 1 heterocycles. The van der Waals surface area contributed by atoms with E-state index in [4.69, 9.17) is 9.15 Å². The highest BCUT2D eigenvalue weighted by Crippen LogP contribution is 2.29. The number of esters is 1. The summed E-state index contributed by atoms with van der Waals surface area (Å²) in [5, 5.41) is 0.255. The van der Waals surface area contributed by atoms with Gasteiger partial charge in [-0.3, -0.25) is 4.72 Å². The summed E-state index contributed by atoms with van der Waals surface area (Å²) in [4.78, 5) is 11.8. The van der Waals surface area contributed by atoms with Crippen LogP contribution in [0.3, 0.4) is 0 Å². The number of para-hydroxylation sites is 2. The fourth-order valence-corrected chi connectivity index (χ4v) is 6.02. The van der Waals surface area contributed by atoms with E-state index in [1.54, 1.807) is 36.4 Å². The number of hydrogen-bond acceptors (Lipinski definition) is 7. The summed E-state index contributed by atoms with van der Waals surface area (Å²) >= 11 is 0. The number of sulfone groups is 1. The van der Waals surface area contributed by atoms with Crippen LogP contribution in [0.15, 0.2) is 93.3 Å². The Kier molecular flexibility index (Phi) is 5.96. The fourth-order valence-electron chi connectivity index (χ4n) is 3.34. The molecule has 0 aliphatic heterocycles. The second-order valence-electron chi connectivity index (χ2n) is 7.11. The number of sulfonamides is 1. The average Bonchev–Trinajstić information content (AvgIpc) is 3.24. The van der Waals surface area contributed by atoms with E-state index in [9.17, 15) is 21.6 Å². The van der Waals surface area contributed by atoms with Crippen LogP contribution >= 0.6 is 0 Å². The number of furan rings is 1. The molecular weight excluding hydrogens is 466 g/mol. The van der Waals surface area contributed by atoms with Crippen LogP contribution in [0.4, 0.5) is 5.69 Å². The first-order chi connectivity index (χ1) is 15.7. The summed E-state index contributed by atoms with van der Waals surface area (Å²) in [6, 6.07) is 20.0. The minimum atomic E-state index is -4.21. The van der Waals surface area contributed by atoms with Gasteiger partial charge in [-0.05, 0) is 29.8 Å². The molecule has 3 aromatic carbocycles. The normalized spacial score (nSPS) is 11.9. The molecule has 0 radical (unpaired) electrons. The fraction of sp³-hybridized carbons (Fsp3) is 0.0870. The Morgan fingerprint density at radius 1 is 0.909 bits per heavy atom. The predicted octanol–water partition coefficient (Wildman–Crippen LogP) is 3.99. The van der Waals surface area contributed by atoms with E-state index in [0.29, 0.717) is 11.0 Å². The monoisotopic (exact) mass is 485 g/mol. The van der Waals surface area contributed by atoms with Gasteiger partial charge in [0, 0.05) is 11.5 Å². The van der Waals surface area contributed by atoms with E-state index >= 15 is 0 Å². The summed E-state index contributed by atoms with van der Waals surface area (Å²) in [6.45, 7) is 0. The van der Waals surface area contributed by atoms with Gasteiger partial charge in [-0.25, -0.2) is 13.2 Å². The Morgan fingerprint density at radius 3 is 2.33 bits per heavy atom. The Balaban J connectivity index is 1.69. The van der Waals surface area contributed by atoms with Gasteiger partial charge in [-0.15, -0.1) is 0 Å². The highest BCUT2D eigenvalue weighted by Gasteiger charge is 2.26. The maximum Gasteiger partial charge on any atom is 0.338 e. The minimum Gasteiger partial charge on any atom is -0.465 e. The lowest BCUT2D eigenvalue weighted by Gasteiger charge is -2.13. The van der Waals surface area contributed by atoms with Gasteiger partial charge in [-0.2, -0.15) is 8.42 Å². The third-order valence-electron chi connectivity index (χ3n) is 4.90. The molecule has 0 bridgehead atoms. The largest absolute Gasteiger partial charge is 0.465 e. The van der Waals surface area contributed by atoms with E-state index in [1.165, 1.54) is 49.6 Å². The molecule has 1 aromatic heterocycles. The van der Waals surface area contributed by atoms with Gasteiger partial charge in [0.25, 0.3) is 10.0 Å². The number of nitrogens with one attached hydrogen (secondary N) is 1. The number of methoxy groups -OCH3 is 1. The van der Waals surface area contributed by atoms with Gasteiger partial charge in [-0.1, -0.05) is 48.5 Å². The highest BCUT2D eigenvalue weighted by atomic mass is 32.2. The number of rotatable bonds is 7. The molecule has 0 fully saturated rings. The number of fused-ring (bicyclic) bond motifs is 1. The predicted molar refractivity (Wildman–Crippen MR) is 122 cm³/mol.